The van der Waals surface area contributed by atoms with Crippen LogP contribution in [0.25, 0.3) is 11.1 Å². The van der Waals surface area contributed by atoms with Crippen molar-refractivity contribution in [2.75, 3.05) is 5.73 Å². The maximum Gasteiger partial charge on any atom is 0.146 e. The first-order chi connectivity index (χ1) is 7.58. The number of hydrogen-bond acceptors (Lipinski definition) is 1. The van der Waals surface area contributed by atoms with Gasteiger partial charge in [0.2, 0.25) is 0 Å². The van der Waals surface area contributed by atoms with Crippen molar-refractivity contribution in [2.45, 2.75) is 0 Å². The van der Waals surface area contributed by atoms with E-state index in [0.29, 0.717) is 10.6 Å². The summed E-state index contributed by atoms with van der Waals surface area (Å²) in [5.41, 5.74) is 5.78. The first-order valence-electron chi connectivity index (χ1n) is 4.58. The van der Waals surface area contributed by atoms with Crippen LogP contribution < -0.4 is 5.73 Å². The van der Waals surface area contributed by atoms with Crippen LogP contribution in [0.3, 0.4) is 0 Å². The summed E-state index contributed by atoms with van der Waals surface area (Å²) in [5, 5.41) is 0.542. The number of nitrogen functional groups attached to an aromatic ring is 1. The molecule has 0 spiro atoms. The van der Waals surface area contributed by atoms with Crippen LogP contribution in [0.1, 0.15) is 0 Å². The Labute approximate surface area is 96.5 Å². The summed E-state index contributed by atoms with van der Waals surface area (Å²) >= 11 is 5.71. The van der Waals surface area contributed by atoms with E-state index >= 15 is 0 Å². The molecule has 2 rings (SSSR count). The van der Waals surface area contributed by atoms with E-state index in [2.05, 4.69) is 0 Å². The Morgan fingerprint density at radius 2 is 1.56 bits per heavy atom. The third-order valence-electron chi connectivity index (χ3n) is 2.24. The molecule has 1 nitrogen and oxygen atoms in total. The monoisotopic (exact) mass is 239 g/mol. The van der Waals surface area contributed by atoms with Crippen molar-refractivity contribution in [2.24, 2.45) is 0 Å². The van der Waals surface area contributed by atoms with E-state index in [1.165, 1.54) is 0 Å². The lowest BCUT2D eigenvalue weighted by Gasteiger charge is -2.05. The SMILES string of the molecule is Nc1cc(F)c(-c2ccc(Cl)cc2)cc1F. The average Bonchev–Trinajstić information content (AvgIpc) is 2.25. The van der Waals surface area contributed by atoms with Gasteiger partial charge in [-0.15, -0.1) is 0 Å². The fourth-order valence-corrected chi connectivity index (χ4v) is 1.54. The summed E-state index contributed by atoms with van der Waals surface area (Å²) in [5.74, 6) is -1.19. The topological polar surface area (TPSA) is 26.0 Å². The van der Waals surface area contributed by atoms with Crippen LogP contribution in [0.2, 0.25) is 5.02 Å². The Morgan fingerprint density at radius 1 is 0.938 bits per heavy atom. The quantitative estimate of drug-likeness (QED) is 0.751. The number of rotatable bonds is 1. The highest BCUT2D eigenvalue weighted by Gasteiger charge is 2.09. The molecular weight excluding hydrogens is 232 g/mol. The number of nitrogens with two attached hydrogens (primary N) is 1. The zero-order valence-electron chi connectivity index (χ0n) is 8.18. The van der Waals surface area contributed by atoms with Crippen molar-refractivity contribution in [3.8, 4) is 11.1 Å². The summed E-state index contributed by atoms with van der Waals surface area (Å²) in [6.45, 7) is 0. The molecule has 0 aromatic heterocycles. The van der Waals surface area contributed by atoms with Gasteiger partial charge >= 0.3 is 0 Å². The van der Waals surface area contributed by atoms with Crippen molar-refractivity contribution in [3.63, 3.8) is 0 Å². The van der Waals surface area contributed by atoms with Gasteiger partial charge < -0.3 is 5.73 Å². The standard InChI is InChI=1S/C12H8ClF2N/c13-8-3-1-7(2-4-8)9-5-11(15)12(16)6-10(9)14/h1-6H,16H2. The molecule has 0 aliphatic heterocycles. The van der Waals surface area contributed by atoms with Gasteiger partial charge in [0.1, 0.15) is 11.6 Å². The predicted octanol–water partition coefficient (Wildman–Crippen LogP) is 3.87. The van der Waals surface area contributed by atoms with E-state index in [0.717, 1.165) is 12.1 Å². The molecule has 82 valence electrons. The van der Waals surface area contributed by atoms with E-state index in [4.69, 9.17) is 17.3 Å². The first-order valence-corrected chi connectivity index (χ1v) is 4.96. The average molecular weight is 240 g/mol. The zero-order chi connectivity index (χ0) is 11.7. The fraction of sp³-hybridized carbons (Fsp3) is 0. The molecule has 0 atom stereocenters. The van der Waals surface area contributed by atoms with Crippen LogP contribution in [0, 0.1) is 11.6 Å². The Balaban J connectivity index is 2.56. The van der Waals surface area contributed by atoms with Gasteiger partial charge in [-0.2, -0.15) is 0 Å². The van der Waals surface area contributed by atoms with E-state index in [9.17, 15) is 8.78 Å². The molecule has 0 aliphatic rings. The van der Waals surface area contributed by atoms with Crippen LogP contribution >= 0.6 is 11.6 Å². The molecule has 0 fully saturated rings. The molecule has 2 aromatic carbocycles. The van der Waals surface area contributed by atoms with Gasteiger partial charge in [-0.25, -0.2) is 8.78 Å². The molecule has 4 heteroatoms. The van der Waals surface area contributed by atoms with Crippen LogP contribution in [0.5, 0.6) is 0 Å². The minimum atomic E-state index is -0.633. The molecular formula is C12H8ClF2N. The molecule has 0 saturated heterocycles. The van der Waals surface area contributed by atoms with Crippen LogP contribution in [0.15, 0.2) is 36.4 Å². The Morgan fingerprint density at radius 3 is 2.19 bits per heavy atom. The normalized spacial score (nSPS) is 10.4. The Kier molecular flexibility index (Phi) is 2.79. The van der Waals surface area contributed by atoms with Crippen LogP contribution in [-0.4, -0.2) is 0 Å². The Bertz CT molecular complexity index is 523. The predicted molar refractivity (Wildman–Crippen MR) is 61.2 cm³/mol. The van der Waals surface area contributed by atoms with E-state index in [-0.39, 0.29) is 11.3 Å². The second-order valence-corrected chi connectivity index (χ2v) is 3.80. The van der Waals surface area contributed by atoms with Crippen molar-refractivity contribution in [3.05, 3.63) is 53.1 Å². The fourth-order valence-electron chi connectivity index (χ4n) is 1.41. The first kappa shape index (κ1) is 10.9. The van der Waals surface area contributed by atoms with E-state index in [1.54, 1.807) is 24.3 Å². The molecule has 2 aromatic rings. The maximum atomic E-state index is 13.5. The van der Waals surface area contributed by atoms with Crippen molar-refractivity contribution < 1.29 is 8.78 Å². The van der Waals surface area contributed by atoms with Crippen LogP contribution in [-0.2, 0) is 0 Å². The van der Waals surface area contributed by atoms with Gasteiger partial charge in [0.15, 0.2) is 0 Å². The van der Waals surface area contributed by atoms with Crippen molar-refractivity contribution in [1.82, 2.24) is 0 Å². The molecule has 0 saturated carbocycles. The highest BCUT2D eigenvalue weighted by Crippen LogP contribution is 2.27. The maximum absolute atomic E-state index is 13.5. The third kappa shape index (κ3) is 1.99. The largest absolute Gasteiger partial charge is 0.396 e. The molecule has 16 heavy (non-hydrogen) atoms. The number of halogens is 3. The van der Waals surface area contributed by atoms with Crippen molar-refractivity contribution in [1.29, 1.82) is 0 Å². The van der Waals surface area contributed by atoms with Gasteiger partial charge in [-0.05, 0) is 23.8 Å². The lowest BCUT2D eigenvalue weighted by Crippen LogP contribution is -1.94. The molecule has 2 N–H and O–H groups in total. The summed E-state index contributed by atoms with van der Waals surface area (Å²) in [7, 11) is 0. The van der Waals surface area contributed by atoms with E-state index < -0.39 is 11.6 Å². The van der Waals surface area contributed by atoms with Crippen LogP contribution in [0.4, 0.5) is 14.5 Å². The summed E-state index contributed by atoms with van der Waals surface area (Å²) in [6, 6.07) is 8.52. The van der Waals surface area contributed by atoms with Gasteiger partial charge in [0.05, 0.1) is 5.69 Å². The lowest BCUT2D eigenvalue weighted by atomic mass is 10.0. The molecule has 0 heterocycles. The molecule has 0 bridgehead atoms. The summed E-state index contributed by atoms with van der Waals surface area (Å²) in [4.78, 5) is 0. The molecule has 0 aliphatic carbocycles. The molecule has 0 amide bonds. The highest BCUT2D eigenvalue weighted by atomic mass is 35.5. The van der Waals surface area contributed by atoms with Gasteiger partial charge in [-0.3, -0.25) is 0 Å². The smallest absolute Gasteiger partial charge is 0.146 e. The number of hydrogen-bond donors (Lipinski definition) is 1. The lowest BCUT2D eigenvalue weighted by molar-refractivity contribution is 0.607. The zero-order valence-corrected chi connectivity index (χ0v) is 8.93. The van der Waals surface area contributed by atoms with Gasteiger partial charge in [0, 0.05) is 16.7 Å². The van der Waals surface area contributed by atoms with E-state index in [1.807, 2.05) is 0 Å². The van der Waals surface area contributed by atoms with Gasteiger partial charge in [-0.1, -0.05) is 23.7 Å². The molecule has 0 unspecified atom stereocenters. The summed E-state index contributed by atoms with van der Waals surface area (Å²) in [6.07, 6.45) is 0. The second-order valence-electron chi connectivity index (χ2n) is 3.36. The highest BCUT2D eigenvalue weighted by molar-refractivity contribution is 6.30. The Hall–Kier alpha value is -1.61. The van der Waals surface area contributed by atoms with Gasteiger partial charge in [0.25, 0.3) is 0 Å². The number of benzene rings is 2. The summed E-state index contributed by atoms with van der Waals surface area (Å²) < 4.78 is 26.7. The molecule has 0 radical (unpaired) electrons. The third-order valence-corrected chi connectivity index (χ3v) is 2.49. The minimum Gasteiger partial charge on any atom is -0.396 e. The number of anilines is 1. The van der Waals surface area contributed by atoms with Crippen molar-refractivity contribution >= 4 is 17.3 Å². The second kappa shape index (κ2) is 4.10. The minimum absolute atomic E-state index is 0.170.